The SMILES string of the molecule is Cc1cnn(C(C)c2ccc(Br)o2)c1N. The highest BCUT2D eigenvalue weighted by Gasteiger charge is 2.15. The molecule has 4 nitrogen and oxygen atoms in total. The summed E-state index contributed by atoms with van der Waals surface area (Å²) in [6.07, 6.45) is 1.75. The zero-order chi connectivity index (χ0) is 11.0. The molecule has 0 radical (unpaired) electrons. The molecule has 2 aromatic rings. The topological polar surface area (TPSA) is 57.0 Å². The van der Waals surface area contributed by atoms with Gasteiger partial charge in [-0.05, 0) is 41.9 Å². The Hall–Kier alpha value is -1.23. The molecule has 0 fully saturated rings. The van der Waals surface area contributed by atoms with E-state index in [1.165, 1.54) is 0 Å². The predicted molar refractivity (Wildman–Crippen MR) is 61.6 cm³/mol. The van der Waals surface area contributed by atoms with Gasteiger partial charge in [0.15, 0.2) is 4.67 Å². The summed E-state index contributed by atoms with van der Waals surface area (Å²) in [5.74, 6) is 1.51. The minimum atomic E-state index is 0.00463. The van der Waals surface area contributed by atoms with Crippen molar-refractivity contribution in [1.29, 1.82) is 0 Å². The Morgan fingerprint density at radius 1 is 1.53 bits per heavy atom. The summed E-state index contributed by atoms with van der Waals surface area (Å²) >= 11 is 3.27. The lowest BCUT2D eigenvalue weighted by atomic mass is 10.2. The molecule has 0 aromatic carbocycles. The van der Waals surface area contributed by atoms with Crippen LogP contribution in [0.25, 0.3) is 0 Å². The van der Waals surface area contributed by atoms with Gasteiger partial charge < -0.3 is 10.2 Å². The molecule has 0 saturated carbocycles. The summed E-state index contributed by atoms with van der Waals surface area (Å²) in [6, 6.07) is 3.77. The Labute approximate surface area is 96.2 Å². The van der Waals surface area contributed by atoms with Crippen LogP contribution < -0.4 is 5.73 Å². The third kappa shape index (κ3) is 1.79. The molecule has 1 atom stereocenters. The first kappa shape index (κ1) is 10.3. The summed E-state index contributed by atoms with van der Waals surface area (Å²) in [5, 5.41) is 4.22. The summed E-state index contributed by atoms with van der Waals surface area (Å²) in [4.78, 5) is 0. The molecule has 0 saturated heterocycles. The minimum Gasteiger partial charge on any atom is -0.452 e. The predicted octanol–water partition coefficient (Wildman–Crippen LogP) is 2.74. The quantitative estimate of drug-likeness (QED) is 0.912. The standard InChI is InChI=1S/C10H12BrN3O/c1-6-5-13-14(10(6)12)7(2)8-3-4-9(11)15-8/h3-5,7H,12H2,1-2H3. The Morgan fingerprint density at radius 2 is 2.27 bits per heavy atom. The molecule has 1 unspecified atom stereocenters. The highest BCUT2D eigenvalue weighted by Crippen LogP contribution is 2.25. The number of anilines is 1. The number of rotatable bonds is 2. The van der Waals surface area contributed by atoms with Crippen molar-refractivity contribution in [2.45, 2.75) is 19.9 Å². The van der Waals surface area contributed by atoms with E-state index in [-0.39, 0.29) is 6.04 Å². The van der Waals surface area contributed by atoms with Crippen LogP contribution in [0.3, 0.4) is 0 Å². The van der Waals surface area contributed by atoms with E-state index >= 15 is 0 Å². The normalized spacial score (nSPS) is 13.0. The van der Waals surface area contributed by atoms with Crippen LogP contribution in [0.4, 0.5) is 5.82 Å². The van der Waals surface area contributed by atoms with Crippen LogP contribution in [0.2, 0.25) is 0 Å². The Bertz CT molecular complexity index is 475. The van der Waals surface area contributed by atoms with Gasteiger partial charge in [-0.3, -0.25) is 0 Å². The first-order chi connectivity index (χ1) is 7.09. The van der Waals surface area contributed by atoms with Crippen LogP contribution in [0.1, 0.15) is 24.3 Å². The summed E-state index contributed by atoms with van der Waals surface area (Å²) in [5.41, 5.74) is 6.87. The highest BCUT2D eigenvalue weighted by molar-refractivity contribution is 9.10. The molecule has 15 heavy (non-hydrogen) atoms. The van der Waals surface area contributed by atoms with Gasteiger partial charge in [0.05, 0.1) is 6.20 Å². The molecule has 2 N–H and O–H groups in total. The molecule has 0 spiro atoms. The van der Waals surface area contributed by atoms with Gasteiger partial charge in [-0.25, -0.2) is 4.68 Å². The number of nitrogen functional groups attached to an aromatic ring is 1. The van der Waals surface area contributed by atoms with Crippen molar-refractivity contribution in [3.8, 4) is 0 Å². The number of nitrogens with two attached hydrogens (primary N) is 1. The Balaban J connectivity index is 2.36. The van der Waals surface area contributed by atoms with Gasteiger partial charge in [0.1, 0.15) is 17.6 Å². The van der Waals surface area contributed by atoms with E-state index in [0.717, 1.165) is 11.3 Å². The molecule has 0 aliphatic rings. The van der Waals surface area contributed by atoms with Gasteiger partial charge in [-0.15, -0.1) is 0 Å². The number of nitrogens with zero attached hydrogens (tertiary/aromatic N) is 2. The van der Waals surface area contributed by atoms with E-state index < -0.39 is 0 Å². The van der Waals surface area contributed by atoms with Crippen molar-refractivity contribution in [3.63, 3.8) is 0 Å². The van der Waals surface area contributed by atoms with Crippen LogP contribution in [-0.4, -0.2) is 9.78 Å². The zero-order valence-corrected chi connectivity index (χ0v) is 10.2. The average molecular weight is 270 g/mol. The first-order valence-electron chi connectivity index (χ1n) is 4.64. The smallest absolute Gasteiger partial charge is 0.169 e. The summed E-state index contributed by atoms with van der Waals surface area (Å²) in [6.45, 7) is 3.93. The van der Waals surface area contributed by atoms with Crippen molar-refractivity contribution < 1.29 is 4.42 Å². The molecular formula is C10H12BrN3O. The van der Waals surface area contributed by atoms with Gasteiger partial charge >= 0.3 is 0 Å². The molecule has 5 heteroatoms. The fraction of sp³-hybridized carbons (Fsp3) is 0.300. The second-order valence-corrected chi connectivity index (χ2v) is 4.26. The lowest BCUT2D eigenvalue weighted by Crippen LogP contribution is -2.10. The molecule has 0 bridgehead atoms. The number of halogens is 1. The average Bonchev–Trinajstić information content (AvgIpc) is 2.75. The maximum Gasteiger partial charge on any atom is 0.169 e. The van der Waals surface area contributed by atoms with Crippen molar-refractivity contribution in [1.82, 2.24) is 9.78 Å². The lowest BCUT2D eigenvalue weighted by Gasteiger charge is -2.11. The fourth-order valence-corrected chi connectivity index (χ4v) is 1.76. The van der Waals surface area contributed by atoms with Crippen LogP contribution in [0, 0.1) is 6.92 Å². The van der Waals surface area contributed by atoms with Crippen molar-refractivity contribution in [2.75, 3.05) is 5.73 Å². The monoisotopic (exact) mass is 269 g/mol. The maximum absolute atomic E-state index is 5.89. The third-order valence-electron chi connectivity index (χ3n) is 2.40. The molecule has 2 rings (SSSR count). The second-order valence-electron chi connectivity index (χ2n) is 3.48. The zero-order valence-electron chi connectivity index (χ0n) is 8.57. The molecule has 0 aliphatic heterocycles. The number of aromatic nitrogens is 2. The van der Waals surface area contributed by atoms with Crippen LogP contribution in [0.5, 0.6) is 0 Å². The summed E-state index contributed by atoms with van der Waals surface area (Å²) in [7, 11) is 0. The third-order valence-corrected chi connectivity index (χ3v) is 2.83. The van der Waals surface area contributed by atoms with E-state index in [9.17, 15) is 0 Å². The molecule has 0 aliphatic carbocycles. The second kappa shape index (κ2) is 3.73. The maximum atomic E-state index is 5.89. The highest BCUT2D eigenvalue weighted by atomic mass is 79.9. The Morgan fingerprint density at radius 3 is 2.73 bits per heavy atom. The van der Waals surface area contributed by atoms with Gasteiger partial charge in [-0.1, -0.05) is 0 Å². The lowest BCUT2D eigenvalue weighted by molar-refractivity contribution is 0.416. The van der Waals surface area contributed by atoms with Crippen molar-refractivity contribution in [2.24, 2.45) is 0 Å². The molecule has 2 aromatic heterocycles. The van der Waals surface area contributed by atoms with Gasteiger partial charge in [0.2, 0.25) is 0 Å². The molecule has 2 heterocycles. The molecule has 0 amide bonds. The van der Waals surface area contributed by atoms with Crippen LogP contribution in [-0.2, 0) is 0 Å². The van der Waals surface area contributed by atoms with Gasteiger partial charge in [0, 0.05) is 5.56 Å². The van der Waals surface area contributed by atoms with E-state index in [1.54, 1.807) is 10.9 Å². The van der Waals surface area contributed by atoms with E-state index in [0.29, 0.717) is 10.5 Å². The van der Waals surface area contributed by atoms with E-state index in [1.807, 2.05) is 26.0 Å². The number of aryl methyl sites for hydroxylation is 1. The number of hydrogen-bond donors (Lipinski definition) is 1. The largest absolute Gasteiger partial charge is 0.452 e. The van der Waals surface area contributed by atoms with Crippen molar-refractivity contribution >= 4 is 21.7 Å². The van der Waals surface area contributed by atoms with Crippen LogP contribution >= 0.6 is 15.9 Å². The van der Waals surface area contributed by atoms with Crippen molar-refractivity contribution in [3.05, 3.63) is 34.3 Å². The molecular weight excluding hydrogens is 258 g/mol. The Kier molecular flexibility index (Phi) is 2.56. The van der Waals surface area contributed by atoms with E-state index in [4.69, 9.17) is 10.2 Å². The van der Waals surface area contributed by atoms with Gasteiger partial charge in [-0.2, -0.15) is 5.10 Å². The van der Waals surface area contributed by atoms with Gasteiger partial charge in [0.25, 0.3) is 0 Å². The van der Waals surface area contributed by atoms with E-state index in [2.05, 4.69) is 21.0 Å². The first-order valence-corrected chi connectivity index (χ1v) is 5.43. The fourth-order valence-electron chi connectivity index (χ4n) is 1.44. The summed E-state index contributed by atoms with van der Waals surface area (Å²) < 4.78 is 7.93. The number of furan rings is 1. The minimum absolute atomic E-state index is 0.00463. The van der Waals surface area contributed by atoms with Crippen LogP contribution in [0.15, 0.2) is 27.4 Å². The molecule has 80 valence electrons. The number of hydrogen-bond acceptors (Lipinski definition) is 3.